The van der Waals surface area contributed by atoms with Gasteiger partial charge in [0.2, 0.25) is 0 Å². The Morgan fingerprint density at radius 2 is 2.05 bits per heavy atom. The van der Waals surface area contributed by atoms with Crippen molar-refractivity contribution < 1.29 is 0 Å². The quantitative estimate of drug-likeness (QED) is 0.726. The molecule has 1 aromatic heterocycles. The van der Waals surface area contributed by atoms with Crippen LogP contribution in [-0.2, 0) is 13.1 Å². The van der Waals surface area contributed by atoms with Crippen molar-refractivity contribution in [2.45, 2.75) is 45.3 Å². The van der Waals surface area contributed by atoms with Crippen molar-refractivity contribution in [3.05, 3.63) is 52.2 Å². The van der Waals surface area contributed by atoms with Crippen molar-refractivity contribution in [2.24, 2.45) is 0 Å². The summed E-state index contributed by atoms with van der Waals surface area (Å²) < 4.78 is 0. The lowest BCUT2D eigenvalue weighted by atomic mass is 10.1. The molecular formula is C18H24N2S. The Bertz CT molecular complexity index is 546. The van der Waals surface area contributed by atoms with Gasteiger partial charge in [-0.2, -0.15) is 0 Å². The molecule has 1 heterocycles. The van der Waals surface area contributed by atoms with Crippen LogP contribution in [0.5, 0.6) is 0 Å². The van der Waals surface area contributed by atoms with Crippen LogP contribution in [0.3, 0.4) is 0 Å². The molecule has 1 aliphatic carbocycles. The van der Waals surface area contributed by atoms with Crippen LogP contribution in [-0.4, -0.2) is 12.6 Å². The molecule has 0 atom stereocenters. The molecule has 3 rings (SSSR count). The lowest BCUT2D eigenvalue weighted by Crippen LogP contribution is -2.27. The van der Waals surface area contributed by atoms with E-state index in [1.165, 1.54) is 35.4 Å². The van der Waals surface area contributed by atoms with Gasteiger partial charge in [-0.15, -0.1) is 11.3 Å². The second-order valence-corrected chi connectivity index (χ2v) is 6.78. The third-order valence-electron chi connectivity index (χ3n) is 3.94. The Morgan fingerprint density at radius 1 is 1.19 bits per heavy atom. The molecular weight excluding hydrogens is 276 g/mol. The molecule has 2 aromatic rings. The maximum Gasteiger partial charge on any atom is 0.0526 e. The fraction of sp³-hybridized carbons (Fsp3) is 0.444. The van der Waals surface area contributed by atoms with Crippen molar-refractivity contribution in [2.75, 3.05) is 11.4 Å². The molecule has 0 radical (unpaired) electrons. The van der Waals surface area contributed by atoms with Gasteiger partial charge in [0.05, 0.1) is 6.54 Å². The van der Waals surface area contributed by atoms with E-state index in [0.717, 1.165) is 25.7 Å². The van der Waals surface area contributed by atoms with E-state index in [1.807, 2.05) is 11.3 Å². The van der Waals surface area contributed by atoms with Gasteiger partial charge < -0.3 is 10.2 Å². The number of anilines is 1. The van der Waals surface area contributed by atoms with Gasteiger partial charge >= 0.3 is 0 Å². The van der Waals surface area contributed by atoms with Crippen molar-refractivity contribution >= 4 is 17.0 Å². The van der Waals surface area contributed by atoms with E-state index >= 15 is 0 Å². The summed E-state index contributed by atoms with van der Waals surface area (Å²) in [6, 6.07) is 14.0. The van der Waals surface area contributed by atoms with Gasteiger partial charge in [-0.25, -0.2) is 0 Å². The maximum atomic E-state index is 3.54. The largest absolute Gasteiger partial charge is 0.363 e. The summed E-state index contributed by atoms with van der Waals surface area (Å²) in [6.07, 6.45) is 3.86. The van der Waals surface area contributed by atoms with Crippen LogP contribution in [0.4, 0.5) is 5.69 Å². The number of hydrogen-bond donors (Lipinski definition) is 1. The van der Waals surface area contributed by atoms with E-state index in [1.54, 1.807) is 0 Å². The SMILES string of the molecule is CCCNCc1ccccc1N(Cc1cccs1)C1CC1. The smallest absolute Gasteiger partial charge is 0.0526 e. The zero-order chi connectivity index (χ0) is 14.5. The van der Waals surface area contributed by atoms with Gasteiger partial charge in [-0.05, 0) is 48.9 Å². The summed E-state index contributed by atoms with van der Waals surface area (Å²) in [5.41, 5.74) is 2.84. The molecule has 3 heteroatoms. The van der Waals surface area contributed by atoms with Crippen LogP contribution >= 0.6 is 11.3 Å². The Kier molecular flexibility index (Phi) is 4.94. The van der Waals surface area contributed by atoms with Gasteiger partial charge in [-0.3, -0.25) is 0 Å². The van der Waals surface area contributed by atoms with Crippen LogP contribution in [0, 0.1) is 0 Å². The fourth-order valence-electron chi connectivity index (χ4n) is 2.71. The molecule has 21 heavy (non-hydrogen) atoms. The summed E-state index contributed by atoms with van der Waals surface area (Å²) in [4.78, 5) is 4.06. The van der Waals surface area contributed by atoms with Crippen LogP contribution in [0.1, 0.15) is 36.6 Å². The first-order valence-electron chi connectivity index (χ1n) is 7.96. The van der Waals surface area contributed by atoms with Gasteiger partial charge in [0.1, 0.15) is 0 Å². The first kappa shape index (κ1) is 14.6. The zero-order valence-corrected chi connectivity index (χ0v) is 13.5. The molecule has 0 bridgehead atoms. The van der Waals surface area contributed by atoms with Gasteiger partial charge in [0.25, 0.3) is 0 Å². The predicted octanol–water partition coefficient (Wildman–Crippen LogP) is 4.42. The Morgan fingerprint density at radius 3 is 2.76 bits per heavy atom. The highest BCUT2D eigenvalue weighted by Crippen LogP contribution is 2.35. The predicted molar refractivity (Wildman–Crippen MR) is 92.0 cm³/mol. The third kappa shape index (κ3) is 3.86. The zero-order valence-electron chi connectivity index (χ0n) is 12.7. The lowest BCUT2D eigenvalue weighted by molar-refractivity contribution is 0.671. The average Bonchev–Trinajstić information content (AvgIpc) is 3.22. The number of nitrogens with one attached hydrogen (secondary N) is 1. The van der Waals surface area contributed by atoms with Gasteiger partial charge in [0, 0.05) is 23.2 Å². The minimum absolute atomic E-state index is 0.736. The number of hydrogen-bond acceptors (Lipinski definition) is 3. The molecule has 1 saturated carbocycles. The standard InChI is InChI=1S/C18H24N2S/c1-2-11-19-13-15-6-3-4-8-18(15)20(16-9-10-16)14-17-7-5-12-21-17/h3-8,12,16,19H,2,9-11,13-14H2,1H3. The first-order chi connectivity index (χ1) is 10.4. The van der Waals surface area contributed by atoms with Crippen LogP contribution in [0.15, 0.2) is 41.8 Å². The number of para-hydroxylation sites is 1. The monoisotopic (exact) mass is 300 g/mol. The summed E-state index contributed by atoms with van der Waals surface area (Å²) in [6.45, 7) is 5.32. The Balaban J connectivity index is 1.78. The van der Waals surface area contributed by atoms with Crippen molar-refractivity contribution in [3.63, 3.8) is 0 Å². The minimum atomic E-state index is 0.736. The third-order valence-corrected chi connectivity index (χ3v) is 4.80. The summed E-state index contributed by atoms with van der Waals surface area (Å²) >= 11 is 1.86. The number of nitrogens with zero attached hydrogens (tertiary/aromatic N) is 1. The molecule has 0 amide bonds. The van der Waals surface area contributed by atoms with Crippen LogP contribution in [0.2, 0.25) is 0 Å². The van der Waals surface area contributed by atoms with E-state index in [9.17, 15) is 0 Å². The van der Waals surface area contributed by atoms with Crippen molar-refractivity contribution in [3.8, 4) is 0 Å². The summed E-state index contributed by atoms with van der Waals surface area (Å²) in [5.74, 6) is 0. The van der Waals surface area contributed by atoms with Crippen LogP contribution < -0.4 is 10.2 Å². The van der Waals surface area contributed by atoms with E-state index < -0.39 is 0 Å². The summed E-state index contributed by atoms with van der Waals surface area (Å²) in [7, 11) is 0. The van der Waals surface area contributed by atoms with E-state index in [4.69, 9.17) is 0 Å². The number of thiophene rings is 1. The van der Waals surface area contributed by atoms with Gasteiger partial charge in [-0.1, -0.05) is 31.2 Å². The van der Waals surface area contributed by atoms with Crippen LogP contribution in [0.25, 0.3) is 0 Å². The molecule has 1 aliphatic rings. The molecule has 1 fully saturated rings. The van der Waals surface area contributed by atoms with Gasteiger partial charge in [0.15, 0.2) is 0 Å². The van der Waals surface area contributed by atoms with Crippen molar-refractivity contribution in [1.29, 1.82) is 0 Å². The number of rotatable bonds is 8. The second-order valence-electron chi connectivity index (χ2n) is 5.74. The highest BCUT2D eigenvalue weighted by molar-refractivity contribution is 7.09. The van der Waals surface area contributed by atoms with E-state index in [-0.39, 0.29) is 0 Å². The molecule has 112 valence electrons. The average molecular weight is 300 g/mol. The molecule has 0 saturated heterocycles. The Hall–Kier alpha value is -1.32. The second kappa shape index (κ2) is 7.10. The highest BCUT2D eigenvalue weighted by atomic mass is 32.1. The van der Waals surface area contributed by atoms with E-state index in [2.05, 4.69) is 58.9 Å². The summed E-state index contributed by atoms with van der Waals surface area (Å²) in [5, 5.41) is 5.72. The minimum Gasteiger partial charge on any atom is -0.363 e. The van der Waals surface area contributed by atoms with Crippen molar-refractivity contribution in [1.82, 2.24) is 5.32 Å². The molecule has 2 nitrogen and oxygen atoms in total. The number of benzene rings is 1. The first-order valence-corrected chi connectivity index (χ1v) is 8.84. The maximum absolute atomic E-state index is 3.54. The molecule has 1 aromatic carbocycles. The molecule has 0 aliphatic heterocycles. The highest BCUT2D eigenvalue weighted by Gasteiger charge is 2.30. The topological polar surface area (TPSA) is 15.3 Å². The fourth-order valence-corrected chi connectivity index (χ4v) is 3.41. The van der Waals surface area contributed by atoms with E-state index in [0.29, 0.717) is 0 Å². The normalized spacial score (nSPS) is 14.3. The lowest BCUT2D eigenvalue weighted by Gasteiger charge is -2.27. The molecule has 1 N–H and O–H groups in total. The molecule has 0 spiro atoms. The Labute approximate surface area is 131 Å². The molecule has 0 unspecified atom stereocenters.